The molecule has 3 heterocycles. The van der Waals surface area contributed by atoms with Gasteiger partial charge in [-0.25, -0.2) is 9.97 Å². The molecule has 2 saturated heterocycles. The van der Waals surface area contributed by atoms with E-state index in [9.17, 15) is 0 Å². The first-order valence-corrected chi connectivity index (χ1v) is 8.56. The molecule has 0 aliphatic carbocycles. The highest BCUT2D eigenvalue weighted by Gasteiger charge is 2.30. The average molecular weight is 312 g/mol. The molecular weight excluding hydrogens is 288 g/mol. The number of ether oxygens (including phenoxy) is 1. The maximum Gasteiger partial charge on any atom is 0.226 e. The van der Waals surface area contributed by atoms with Crippen LogP contribution in [0.4, 0.5) is 5.95 Å². The van der Waals surface area contributed by atoms with Gasteiger partial charge in [0.2, 0.25) is 5.95 Å². The largest absolute Gasteiger partial charge is 0.497 e. The van der Waals surface area contributed by atoms with Gasteiger partial charge < -0.3 is 9.64 Å². The molecule has 2 aliphatic rings. The first-order valence-electron chi connectivity index (χ1n) is 8.56. The van der Waals surface area contributed by atoms with E-state index in [1.165, 1.54) is 25.8 Å². The van der Waals surface area contributed by atoms with E-state index in [0.29, 0.717) is 6.04 Å². The predicted octanol–water partition coefficient (Wildman–Crippen LogP) is 2.62. The zero-order chi connectivity index (χ0) is 15.8. The summed E-state index contributed by atoms with van der Waals surface area (Å²) < 4.78 is 5.34. The van der Waals surface area contributed by atoms with Crippen LogP contribution in [0.2, 0.25) is 0 Å². The highest BCUT2D eigenvalue weighted by molar-refractivity contribution is 5.83. The number of hydrogen-bond donors (Lipinski definition) is 0. The van der Waals surface area contributed by atoms with Crippen LogP contribution in [0, 0.1) is 6.92 Å². The van der Waals surface area contributed by atoms with Crippen LogP contribution in [-0.2, 0) is 0 Å². The summed E-state index contributed by atoms with van der Waals surface area (Å²) in [6.45, 7) is 6.52. The highest BCUT2D eigenvalue weighted by Crippen LogP contribution is 2.26. The van der Waals surface area contributed by atoms with Crippen LogP contribution in [0.1, 0.15) is 25.0 Å². The average Bonchev–Trinajstić information content (AvgIpc) is 2.60. The lowest BCUT2D eigenvalue weighted by Gasteiger charge is -2.44. The summed E-state index contributed by atoms with van der Waals surface area (Å²) in [6.07, 6.45) is 4.00. The molecular formula is C18H24N4O. The van der Waals surface area contributed by atoms with Crippen molar-refractivity contribution in [3.8, 4) is 5.75 Å². The Morgan fingerprint density at radius 3 is 2.91 bits per heavy atom. The van der Waals surface area contributed by atoms with E-state index in [4.69, 9.17) is 14.7 Å². The van der Waals surface area contributed by atoms with E-state index >= 15 is 0 Å². The molecule has 0 bridgehead atoms. The molecule has 0 saturated carbocycles. The van der Waals surface area contributed by atoms with Gasteiger partial charge in [0.1, 0.15) is 5.75 Å². The Labute approximate surface area is 137 Å². The van der Waals surface area contributed by atoms with E-state index < -0.39 is 0 Å². The van der Waals surface area contributed by atoms with Crippen molar-refractivity contribution in [3.63, 3.8) is 0 Å². The molecule has 0 unspecified atom stereocenters. The third kappa shape index (κ3) is 2.74. The van der Waals surface area contributed by atoms with Crippen LogP contribution < -0.4 is 9.64 Å². The van der Waals surface area contributed by atoms with Gasteiger partial charge >= 0.3 is 0 Å². The van der Waals surface area contributed by atoms with Gasteiger partial charge in [-0.05, 0) is 38.4 Å². The van der Waals surface area contributed by atoms with Crippen molar-refractivity contribution in [1.29, 1.82) is 0 Å². The van der Waals surface area contributed by atoms with E-state index in [2.05, 4.69) is 16.7 Å². The smallest absolute Gasteiger partial charge is 0.226 e. The molecule has 0 amide bonds. The summed E-state index contributed by atoms with van der Waals surface area (Å²) in [6, 6.07) is 6.69. The van der Waals surface area contributed by atoms with Crippen LogP contribution >= 0.6 is 0 Å². The van der Waals surface area contributed by atoms with Crippen molar-refractivity contribution in [2.24, 2.45) is 0 Å². The second-order valence-corrected chi connectivity index (χ2v) is 6.62. The molecule has 2 aromatic rings. The number of rotatable bonds is 2. The monoisotopic (exact) mass is 312 g/mol. The Morgan fingerprint density at radius 2 is 2.04 bits per heavy atom. The number of aryl methyl sites for hydroxylation is 1. The second-order valence-electron chi connectivity index (χ2n) is 6.62. The quantitative estimate of drug-likeness (QED) is 0.852. The summed E-state index contributed by atoms with van der Waals surface area (Å²) in [5, 5.41) is 1.10. The third-order valence-corrected chi connectivity index (χ3v) is 5.20. The summed E-state index contributed by atoms with van der Waals surface area (Å²) >= 11 is 0. The number of anilines is 1. The number of aromatic nitrogens is 2. The Balaban J connectivity index is 1.65. The SMILES string of the molecule is COc1ccc2c(C)nc(N3CCN4CCCC[C@H]4C3)nc2c1. The number of piperidine rings is 1. The minimum atomic E-state index is 0.669. The van der Waals surface area contributed by atoms with Crippen molar-refractivity contribution < 1.29 is 4.74 Å². The minimum Gasteiger partial charge on any atom is -0.497 e. The first kappa shape index (κ1) is 14.7. The number of piperazine rings is 1. The molecule has 5 heteroatoms. The van der Waals surface area contributed by atoms with Crippen molar-refractivity contribution in [3.05, 3.63) is 23.9 Å². The van der Waals surface area contributed by atoms with Gasteiger partial charge in [0.25, 0.3) is 0 Å². The Kier molecular flexibility index (Phi) is 3.81. The lowest BCUT2D eigenvalue weighted by molar-refractivity contribution is 0.133. The number of nitrogens with zero attached hydrogens (tertiary/aromatic N) is 4. The zero-order valence-corrected chi connectivity index (χ0v) is 14.0. The molecule has 0 radical (unpaired) electrons. The molecule has 122 valence electrons. The Hall–Kier alpha value is -1.88. The van der Waals surface area contributed by atoms with Gasteiger partial charge in [-0.3, -0.25) is 4.90 Å². The van der Waals surface area contributed by atoms with Gasteiger partial charge in [0, 0.05) is 37.1 Å². The molecule has 23 heavy (non-hydrogen) atoms. The second kappa shape index (κ2) is 5.96. The molecule has 1 aromatic carbocycles. The molecule has 1 aromatic heterocycles. The molecule has 2 aliphatic heterocycles. The topological polar surface area (TPSA) is 41.5 Å². The van der Waals surface area contributed by atoms with E-state index in [0.717, 1.165) is 47.9 Å². The van der Waals surface area contributed by atoms with Crippen LogP contribution in [0.5, 0.6) is 5.75 Å². The molecule has 5 nitrogen and oxygen atoms in total. The van der Waals surface area contributed by atoms with Crippen molar-refractivity contribution in [2.45, 2.75) is 32.2 Å². The van der Waals surface area contributed by atoms with Crippen LogP contribution in [-0.4, -0.2) is 54.2 Å². The summed E-state index contributed by atoms with van der Waals surface area (Å²) in [5.41, 5.74) is 2.01. The number of hydrogen-bond acceptors (Lipinski definition) is 5. The van der Waals surface area contributed by atoms with Crippen molar-refractivity contribution in [1.82, 2.24) is 14.9 Å². The fraction of sp³-hybridized carbons (Fsp3) is 0.556. The number of benzene rings is 1. The fourth-order valence-electron chi connectivity index (χ4n) is 3.86. The van der Waals surface area contributed by atoms with Crippen molar-refractivity contribution in [2.75, 3.05) is 38.2 Å². The van der Waals surface area contributed by atoms with Gasteiger partial charge in [0.15, 0.2) is 0 Å². The molecule has 0 N–H and O–H groups in total. The lowest BCUT2D eigenvalue weighted by Crippen LogP contribution is -2.55. The Morgan fingerprint density at radius 1 is 1.13 bits per heavy atom. The normalized spacial score (nSPS) is 22.2. The van der Waals surface area contributed by atoms with Crippen LogP contribution in [0.3, 0.4) is 0 Å². The maximum atomic E-state index is 5.34. The zero-order valence-electron chi connectivity index (χ0n) is 14.0. The van der Waals surface area contributed by atoms with E-state index in [1.54, 1.807) is 7.11 Å². The van der Waals surface area contributed by atoms with E-state index in [1.807, 2.05) is 18.2 Å². The molecule has 0 spiro atoms. The molecule has 4 rings (SSSR count). The summed E-state index contributed by atoms with van der Waals surface area (Å²) in [4.78, 5) is 14.6. The van der Waals surface area contributed by atoms with Gasteiger partial charge in [-0.15, -0.1) is 0 Å². The van der Waals surface area contributed by atoms with Gasteiger partial charge in [-0.1, -0.05) is 6.42 Å². The van der Waals surface area contributed by atoms with Crippen LogP contribution in [0.25, 0.3) is 10.9 Å². The lowest BCUT2D eigenvalue weighted by atomic mass is 10.00. The van der Waals surface area contributed by atoms with Gasteiger partial charge in [-0.2, -0.15) is 0 Å². The predicted molar refractivity (Wildman–Crippen MR) is 92.3 cm³/mol. The number of methoxy groups -OCH3 is 1. The molecule has 1 atom stereocenters. The minimum absolute atomic E-state index is 0.669. The van der Waals surface area contributed by atoms with Gasteiger partial charge in [0.05, 0.1) is 18.3 Å². The fourth-order valence-corrected chi connectivity index (χ4v) is 3.86. The van der Waals surface area contributed by atoms with Crippen LogP contribution in [0.15, 0.2) is 18.2 Å². The Bertz CT molecular complexity index is 717. The highest BCUT2D eigenvalue weighted by atomic mass is 16.5. The van der Waals surface area contributed by atoms with E-state index in [-0.39, 0.29) is 0 Å². The molecule has 2 fully saturated rings. The standard InChI is InChI=1S/C18H24N4O/c1-13-16-7-6-15(23-2)11-17(16)20-18(19-13)22-10-9-21-8-4-3-5-14(21)12-22/h6-7,11,14H,3-5,8-10,12H2,1-2H3/t14-/m0/s1. The summed E-state index contributed by atoms with van der Waals surface area (Å²) in [5.74, 6) is 1.71. The third-order valence-electron chi connectivity index (χ3n) is 5.20. The van der Waals surface area contributed by atoms with Crippen molar-refractivity contribution >= 4 is 16.9 Å². The first-order chi connectivity index (χ1) is 11.2. The summed E-state index contributed by atoms with van der Waals surface area (Å²) in [7, 11) is 1.69. The number of fused-ring (bicyclic) bond motifs is 2. The maximum absolute atomic E-state index is 5.34.